The van der Waals surface area contributed by atoms with Crippen LogP contribution < -0.4 is 0 Å². The molecule has 2 atom stereocenters. The number of carbonyl (C=O) groups is 2. The van der Waals surface area contributed by atoms with Crippen LogP contribution in [-0.4, -0.2) is 35.0 Å². The molecule has 4 heteroatoms. The van der Waals surface area contributed by atoms with Gasteiger partial charge in [-0.2, -0.15) is 0 Å². The number of likely N-dealkylation sites (tertiary alicyclic amines) is 1. The average Bonchev–Trinajstić information content (AvgIpc) is 2.68. The quantitative estimate of drug-likeness (QED) is 0.836. The Kier molecular flexibility index (Phi) is 3.63. The third-order valence-electron chi connectivity index (χ3n) is 5.08. The molecule has 0 bridgehead atoms. The largest absolute Gasteiger partial charge is 0.481 e. The van der Waals surface area contributed by atoms with Gasteiger partial charge in [0.15, 0.2) is 0 Å². The van der Waals surface area contributed by atoms with Gasteiger partial charge in [0.2, 0.25) is 5.91 Å². The molecule has 2 unspecified atom stereocenters. The van der Waals surface area contributed by atoms with Gasteiger partial charge in [-0.25, -0.2) is 0 Å². The molecule has 0 spiro atoms. The lowest BCUT2D eigenvalue weighted by Crippen LogP contribution is -2.51. The predicted octanol–water partition coefficient (Wildman–Crippen LogP) is 2.53. The van der Waals surface area contributed by atoms with E-state index in [0.717, 1.165) is 25.7 Å². The van der Waals surface area contributed by atoms with Crippen LogP contribution in [0.5, 0.6) is 0 Å². The standard InChI is InChI=1S/C15H25NO3/c1-14(2)7-4-6-11(14)12(17)16-9-5-8-15(3,10-16)13(18)19/h11H,4-10H2,1-3H3,(H,18,19). The molecule has 4 nitrogen and oxygen atoms in total. The molecule has 1 N–H and O–H groups in total. The highest BCUT2D eigenvalue weighted by Crippen LogP contribution is 2.44. The van der Waals surface area contributed by atoms with Crippen molar-refractivity contribution in [3.63, 3.8) is 0 Å². The minimum atomic E-state index is -0.782. The fourth-order valence-corrected chi connectivity index (χ4v) is 3.61. The van der Waals surface area contributed by atoms with Gasteiger partial charge < -0.3 is 10.0 Å². The maximum Gasteiger partial charge on any atom is 0.311 e. The zero-order valence-corrected chi connectivity index (χ0v) is 12.2. The number of carbonyl (C=O) groups excluding carboxylic acids is 1. The Bertz CT molecular complexity index is 391. The van der Waals surface area contributed by atoms with E-state index in [0.29, 0.717) is 19.5 Å². The fraction of sp³-hybridized carbons (Fsp3) is 0.867. The van der Waals surface area contributed by atoms with Crippen molar-refractivity contribution in [2.24, 2.45) is 16.7 Å². The maximum atomic E-state index is 12.7. The van der Waals surface area contributed by atoms with Crippen LogP contribution >= 0.6 is 0 Å². The Balaban J connectivity index is 2.10. The van der Waals surface area contributed by atoms with E-state index in [9.17, 15) is 14.7 Å². The molecule has 1 aliphatic carbocycles. The molecule has 19 heavy (non-hydrogen) atoms. The smallest absolute Gasteiger partial charge is 0.311 e. The molecule has 0 aromatic heterocycles. The van der Waals surface area contributed by atoms with Crippen LogP contribution in [-0.2, 0) is 9.59 Å². The average molecular weight is 267 g/mol. The van der Waals surface area contributed by atoms with Crippen LogP contribution in [0, 0.1) is 16.7 Å². The first-order chi connectivity index (χ1) is 8.76. The van der Waals surface area contributed by atoms with Crippen molar-refractivity contribution in [3.8, 4) is 0 Å². The van der Waals surface area contributed by atoms with Crippen molar-refractivity contribution in [2.45, 2.75) is 52.9 Å². The minimum Gasteiger partial charge on any atom is -0.481 e. The van der Waals surface area contributed by atoms with E-state index in [1.165, 1.54) is 0 Å². The highest BCUT2D eigenvalue weighted by molar-refractivity contribution is 5.82. The van der Waals surface area contributed by atoms with Crippen LogP contribution in [0.4, 0.5) is 0 Å². The van der Waals surface area contributed by atoms with Crippen molar-refractivity contribution < 1.29 is 14.7 Å². The lowest BCUT2D eigenvalue weighted by Gasteiger charge is -2.40. The third-order valence-corrected chi connectivity index (χ3v) is 5.08. The molecule has 2 rings (SSSR count). The van der Waals surface area contributed by atoms with Gasteiger partial charge in [-0.05, 0) is 38.0 Å². The van der Waals surface area contributed by atoms with Crippen molar-refractivity contribution in [1.82, 2.24) is 4.90 Å². The molecule has 0 aromatic carbocycles. The first kappa shape index (κ1) is 14.4. The van der Waals surface area contributed by atoms with E-state index >= 15 is 0 Å². The number of hydrogen-bond acceptors (Lipinski definition) is 2. The molecule has 1 heterocycles. The molecule has 2 fully saturated rings. The van der Waals surface area contributed by atoms with Crippen molar-refractivity contribution in [2.75, 3.05) is 13.1 Å². The second-order valence-electron chi connectivity index (χ2n) is 7.16. The SMILES string of the molecule is CC1(C(=O)O)CCCN(C(=O)C2CCCC2(C)C)C1. The van der Waals surface area contributed by atoms with E-state index in [1.807, 2.05) is 0 Å². The van der Waals surface area contributed by atoms with E-state index in [1.54, 1.807) is 11.8 Å². The van der Waals surface area contributed by atoms with Gasteiger partial charge in [0.05, 0.1) is 5.41 Å². The first-order valence-corrected chi connectivity index (χ1v) is 7.28. The number of carboxylic acids is 1. The molecular weight excluding hydrogens is 242 g/mol. The van der Waals surface area contributed by atoms with E-state index in [2.05, 4.69) is 13.8 Å². The molecule has 1 saturated carbocycles. The number of piperidine rings is 1. The fourth-order valence-electron chi connectivity index (χ4n) is 3.61. The summed E-state index contributed by atoms with van der Waals surface area (Å²) < 4.78 is 0. The van der Waals surface area contributed by atoms with Gasteiger partial charge >= 0.3 is 5.97 Å². The number of rotatable bonds is 2. The number of nitrogens with zero attached hydrogens (tertiary/aromatic N) is 1. The summed E-state index contributed by atoms with van der Waals surface area (Å²) in [6, 6.07) is 0. The zero-order chi connectivity index (χ0) is 14.3. The van der Waals surface area contributed by atoms with Gasteiger partial charge in [0.25, 0.3) is 0 Å². The normalized spacial score (nSPS) is 34.3. The second kappa shape index (κ2) is 4.80. The second-order valence-corrected chi connectivity index (χ2v) is 7.16. The van der Waals surface area contributed by atoms with Crippen LogP contribution in [0.2, 0.25) is 0 Å². The summed E-state index contributed by atoms with van der Waals surface area (Å²) >= 11 is 0. The van der Waals surface area contributed by atoms with Crippen molar-refractivity contribution in [3.05, 3.63) is 0 Å². The van der Waals surface area contributed by atoms with Crippen LogP contribution in [0.1, 0.15) is 52.9 Å². The lowest BCUT2D eigenvalue weighted by molar-refractivity contribution is -0.155. The summed E-state index contributed by atoms with van der Waals surface area (Å²) in [6.07, 6.45) is 4.61. The maximum absolute atomic E-state index is 12.7. The highest BCUT2D eigenvalue weighted by atomic mass is 16.4. The van der Waals surface area contributed by atoms with E-state index in [-0.39, 0.29) is 17.2 Å². The summed E-state index contributed by atoms with van der Waals surface area (Å²) in [5.74, 6) is -0.533. The molecule has 2 aliphatic rings. The van der Waals surface area contributed by atoms with E-state index in [4.69, 9.17) is 0 Å². The summed E-state index contributed by atoms with van der Waals surface area (Å²) in [5, 5.41) is 9.33. The number of aliphatic carboxylic acids is 1. The van der Waals surface area contributed by atoms with Gasteiger partial charge in [-0.15, -0.1) is 0 Å². The van der Waals surface area contributed by atoms with Crippen LogP contribution in [0.15, 0.2) is 0 Å². The van der Waals surface area contributed by atoms with Gasteiger partial charge in [0.1, 0.15) is 0 Å². The molecule has 0 aromatic rings. The Morgan fingerprint density at radius 1 is 1.16 bits per heavy atom. The monoisotopic (exact) mass is 267 g/mol. The van der Waals surface area contributed by atoms with E-state index < -0.39 is 11.4 Å². The highest BCUT2D eigenvalue weighted by Gasteiger charge is 2.45. The Labute approximate surface area is 115 Å². The van der Waals surface area contributed by atoms with Crippen molar-refractivity contribution >= 4 is 11.9 Å². The van der Waals surface area contributed by atoms with Crippen molar-refractivity contribution in [1.29, 1.82) is 0 Å². The molecular formula is C15H25NO3. The van der Waals surface area contributed by atoms with Crippen LogP contribution in [0.25, 0.3) is 0 Å². The number of carboxylic acid groups (broad SMARTS) is 1. The van der Waals surface area contributed by atoms with Crippen LogP contribution in [0.3, 0.4) is 0 Å². The first-order valence-electron chi connectivity index (χ1n) is 7.28. The molecule has 1 aliphatic heterocycles. The Morgan fingerprint density at radius 2 is 1.84 bits per heavy atom. The Morgan fingerprint density at radius 3 is 2.37 bits per heavy atom. The molecule has 1 saturated heterocycles. The zero-order valence-electron chi connectivity index (χ0n) is 12.2. The third kappa shape index (κ3) is 2.63. The summed E-state index contributed by atoms with van der Waals surface area (Å²) in [5.41, 5.74) is -0.704. The summed E-state index contributed by atoms with van der Waals surface area (Å²) in [4.78, 5) is 25.8. The van der Waals surface area contributed by atoms with Gasteiger partial charge in [-0.3, -0.25) is 9.59 Å². The minimum absolute atomic E-state index is 0.0636. The lowest BCUT2D eigenvalue weighted by atomic mass is 9.78. The van der Waals surface area contributed by atoms with Gasteiger partial charge in [0, 0.05) is 19.0 Å². The van der Waals surface area contributed by atoms with Gasteiger partial charge in [-0.1, -0.05) is 20.3 Å². The number of amides is 1. The molecule has 1 amide bonds. The molecule has 0 radical (unpaired) electrons. The number of hydrogen-bond donors (Lipinski definition) is 1. The Hall–Kier alpha value is -1.06. The molecule has 108 valence electrons. The topological polar surface area (TPSA) is 57.6 Å². The summed E-state index contributed by atoms with van der Waals surface area (Å²) in [6.45, 7) is 7.16. The predicted molar refractivity (Wildman–Crippen MR) is 72.7 cm³/mol. The summed E-state index contributed by atoms with van der Waals surface area (Å²) in [7, 11) is 0.